The molecule has 2 aromatic heterocycles. The molecule has 1 amide bonds. The lowest BCUT2D eigenvalue weighted by Gasteiger charge is -2.26. The third-order valence-corrected chi connectivity index (χ3v) is 6.99. The Morgan fingerprint density at radius 3 is 2.59 bits per heavy atom. The van der Waals surface area contributed by atoms with Crippen molar-refractivity contribution in [2.45, 2.75) is 25.3 Å². The summed E-state index contributed by atoms with van der Waals surface area (Å²) in [6, 6.07) is 16.9. The van der Waals surface area contributed by atoms with Crippen molar-refractivity contribution in [3.63, 3.8) is 0 Å². The van der Waals surface area contributed by atoms with Crippen molar-refractivity contribution in [3.05, 3.63) is 83.9 Å². The maximum absolute atomic E-state index is 14.5. The SMILES string of the molecule is CC[C@H](c1c[nH]c2ccccc12)C(CO)NC(=O)c1nc(-c2ccc(OC)c(F)c2)nc2ccc(OC)cc12. The number of hydrogen-bond donors (Lipinski definition) is 3. The minimum Gasteiger partial charge on any atom is -0.497 e. The number of aromatic nitrogens is 3. The molecule has 5 aromatic rings. The van der Waals surface area contributed by atoms with Gasteiger partial charge in [-0.3, -0.25) is 4.79 Å². The number of ether oxygens (including phenoxy) is 2. The summed E-state index contributed by atoms with van der Waals surface area (Å²) in [5.74, 6) is -0.396. The fourth-order valence-corrected chi connectivity index (χ4v) is 4.97. The smallest absolute Gasteiger partial charge is 0.270 e. The lowest BCUT2D eigenvalue weighted by Crippen LogP contribution is -2.42. The minimum atomic E-state index is -0.584. The molecule has 2 heterocycles. The van der Waals surface area contributed by atoms with Gasteiger partial charge in [0.1, 0.15) is 11.4 Å². The Balaban J connectivity index is 1.56. The molecule has 0 saturated carbocycles. The van der Waals surface area contributed by atoms with Gasteiger partial charge in [0.05, 0.1) is 32.4 Å². The second-order valence-electron chi connectivity index (χ2n) is 9.20. The second-order valence-corrected chi connectivity index (χ2v) is 9.20. The van der Waals surface area contributed by atoms with E-state index in [0.29, 0.717) is 28.6 Å². The molecule has 5 rings (SSSR count). The van der Waals surface area contributed by atoms with Crippen molar-refractivity contribution < 1.29 is 23.8 Å². The van der Waals surface area contributed by atoms with E-state index >= 15 is 0 Å². The van der Waals surface area contributed by atoms with Crippen molar-refractivity contribution in [1.82, 2.24) is 20.3 Å². The largest absolute Gasteiger partial charge is 0.497 e. The summed E-state index contributed by atoms with van der Waals surface area (Å²) < 4.78 is 24.9. The lowest BCUT2D eigenvalue weighted by atomic mass is 9.89. The van der Waals surface area contributed by atoms with Gasteiger partial charge in [-0.05, 0) is 54.4 Å². The van der Waals surface area contributed by atoms with E-state index < -0.39 is 17.8 Å². The molecule has 9 heteroatoms. The molecule has 0 aliphatic carbocycles. The number of amides is 1. The Hall–Kier alpha value is -4.50. The third-order valence-electron chi connectivity index (χ3n) is 6.99. The van der Waals surface area contributed by atoms with Gasteiger partial charge < -0.3 is 24.9 Å². The first-order valence-corrected chi connectivity index (χ1v) is 12.6. The maximum Gasteiger partial charge on any atom is 0.270 e. The van der Waals surface area contributed by atoms with Gasteiger partial charge in [-0.25, -0.2) is 14.4 Å². The van der Waals surface area contributed by atoms with E-state index in [1.807, 2.05) is 37.4 Å². The number of aliphatic hydroxyl groups excluding tert-OH is 1. The first kappa shape index (κ1) is 26.1. The number of H-pyrrole nitrogens is 1. The molecule has 39 heavy (non-hydrogen) atoms. The average Bonchev–Trinajstić information content (AvgIpc) is 3.39. The van der Waals surface area contributed by atoms with Crippen LogP contribution in [0.2, 0.25) is 0 Å². The Kier molecular flexibility index (Phi) is 7.42. The number of carbonyl (C=O) groups is 1. The molecule has 0 bridgehead atoms. The van der Waals surface area contributed by atoms with E-state index in [1.165, 1.54) is 26.4 Å². The lowest BCUT2D eigenvalue weighted by molar-refractivity contribution is 0.0901. The summed E-state index contributed by atoms with van der Waals surface area (Å²) >= 11 is 0. The van der Waals surface area contributed by atoms with E-state index in [2.05, 4.69) is 20.3 Å². The van der Waals surface area contributed by atoms with E-state index in [-0.39, 0.29) is 29.8 Å². The van der Waals surface area contributed by atoms with Gasteiger partial charge in [-0.1, -0.05) is 25.1 Å². The molecule has 0 spiro atoms. The molecular weight excluding hydrogens is 499 g/mol. The summed E-state index contributed by atoms with van der Waals surface area (Å²) in [6.45, 7) is 1.75. The first-order valence-electron chi connectivity index (χ1n) is 12.6. The first-order chi connectivity index (χ1) is 19.0. The number of fused-ring (bicyclic) bond motifs is 2. The summed E-state index contributed by atoms with van der Waals surface area (Å²) in [7, 11) is 2.92. The number of nitrogens with zero attached hydrogens (tertiary/aromatic N) is 2. The van der Waals surface area contributed by atoms with Crippen LogP contribution in [-0.2, 0) is 0 Å². The number of carbonyl (C=O) groups excluding carboxylic acids is 1. The number of para-hydroxylation sites is 1. The molecule has 1 unspecified atom stereocenters. The zero-order chi connectivity index (χ0) is 27.5. The van der Waals surface area contributed by atoms with Gasteiger partial charge >= 0.3 is 0 Å². The van der Waals surface area contributed by atoms with Crippen LogP contribution in [-0.4, -0.2) is 52.8 Å². The van der Waals surface area contributed by atoms with Crippen LogP contribution < -0.4 is 14.8 Å². The quantitative estimate of drug-likeness (QED) is 0.242. The molecule has 3 aromatic carbocycles. The summed E-state index contributed by atoms with van der Waals surface area (Å²) in [5.41, 5.74) is 2.98. The zero-order valence-electron chi connectivity index (χ0n) is 21.9. The number of methoxy groups -OCH3 is 2. The molecule has 0 fully saturated rings. The van der Waals surface area contributed by atoms with Gasteiger partial charge in [0.15, 0.2) is 17.4 Å². The van der Waals surface area contributed by atoms with Gasteiger partial charge in [-0.15, -0.1) is 0 Å². The van der Waals surface area contributed by atoms with Crippen molar-refractivity contribution in [3.8, 4) is 22.9 Å². The molecule has 8 nitrogen and oxygen atoms in total. The molecule has 200 valence electrons. The highest BCUT2D eigenvalue weighted by molar-refractivity contribution is 6.05. The molecule has 0 aliphatic rings. The third kappa shape index (κ3) is 5.00. The Morgan fingerprint density at radius 1 is 1.05 bits per heavy atom. The van der Waals surface area contributed by atoms with E-state index in [0.717, 1.165) is 16.5 Å². The number of aromatic amines is 1. The summed E-state index contributed by atoms with van der Waals surface area (Å²) in [6.07, 6.45) is 2.61. The van der Waals surface area contributed by atoms with Crippen LogP contribution in [0.1, 0.15) is 35.3 Å². The number of benzene rings is 3. The molecule has 0 saturated heterocycles. The molecule has 3 N–H and O–H groups in total. The topological polar surface area (TPSA) is 109 Å². The van der Waals surface area contributed by atoms with Crippen LogP contribution in [0.15, 0.2) is 66.9 Å². The van der Waals surface area contributed by atoms with Crippen molar-refractivity contribution in [1.29, 1.82) is 0 Å². The average molecular weight is 529 g/mol. The number of halogens is 1. The van der Waals surface area contributed by atoms with Crippen LogP contribution >= 0.6 is 0 Å². The Labute approximate surface area is 224 Å². The van der Waals surface area contributed by atoms with E-state index in [1.54, 1.807) is 24.3 Å². The Morgan fingerprint density at radius 2 is 1.87 bits per heavy atom. The van der Waals surface area contributed by atoms with Gasteiger partial charge in [0.2, 0.25) is 0 Å². The van der Waals surface area contributed by atoms with Crippen molar-refractivity contribution >= 4 is 27.7 Å². The predicted molar refractivity (Wildman–Crippen MR) is 148 cm³/mol. The van der Waals surface area contributed by atoms with Crippen LogP contribution in [0.3, 0.4) is 0 Å². The Bertz CT molecular complexity index is 1650. The summed E-state index contributed by atoms with van der Waals surface area (Å²) in [4.78, 5) is 26.2. The highest BCUT2D eigenvalue weighted by Gasteiger charge is 2.27. The fourth-order valence-electron chi connectivity index (χ4n) is 4.97. The predicted octanol–water partition coefficient (Wildman–Crippen LogP) is 5.22. The monoisotopic (exact) mass is 528 g/mol. The van der Waals surface area contributed by atoms with Crippen LogP contribution in [0.5, 0.6) is 11.5 Å². The number of hydrogen-bond acceptors (Lipinski definition) is 6. The van der Waals surface area contributed by atoms with Gasteiger partial charge in [-0.2, -0.15) is 0 Å². The fraction of sp³-hybridized carbons (Fsp3) is 0.233. The number of nitrogens with one attached hydrogen (secondary N) is 2. The number of aliphatic hydroxyl groups is 1. The highest BCUT2D eigenvalue weighted by atomic mass is 19.1. The molecule has 0 aliphatic heterocycles. The molecule has 0 radical (unpaired) electrons. The standard InChI is InChI=1S/C30H29FN4O4/c1-4-19(22-15-32-24-8-6-5-7-20(22)24)26(16-36)34-30(37)28-21-14-18(38-2)10-11-25(21)33-29(35-28)17-9-12-27(39-3)23(31)13-17/h5-15,19,26,32,36H,4,16H2,1-3H3,(H,34,37)/t19-,26?/m1/s1. The minimum absolute atomic E-state index is 0.0934. The van der Waals surface area contributed by atoms with Crippen LogP contribution in [0.25, 0.3) is 33.2 Å². The summed E-state index contributed by atoms with van der Waals surface area (Å²) in [5, 5.41) is 14.9. The normalized spacial score (nSPS) is 12.8. The van der Waals surface area contributed by atoms with Crippen molar-refractivity contribution in [2.24, 2.45) is 0 Å². The van der Waals surface area contributed by atoms with Crippen LogP contribution in [0.4, 0.5) is 4.39 Å². The zero-order valence-corrected chi connectivity index (χ0v) is 21.9. The maximum atomic E-state index is 14.5. The van der Waals surface area contributed by atoms with Crippen molar-refractivity contribution in [2.75, 3.05) is 20.8 Å². The van der Waals surface area contributed by atoms with Gasteiger partial charge in [0.25, 0.3) is 5.91 Å². The van der Waals surface area contributed by atoms with Crippen LogP contribution in [0, 0.1) is 5.82 Å². The molecule has 2 atom stereocenters. The number of rotatable bonds is 9. The van der Waals surface area contributed by atoms with E-state index in [4.69, 9.17) is 9.47 Å². The highest BCUT2D eigenvalue weighted by Crippen LogP contribution is 2.32. The second kappa shape index (κ2) is 11.1. The van der Waals surface area contributed by atoms with Gasteiger partial charge in [0, 0.05) is 34.0 Å². The van der Waals surface area contributed by atoms with E-state index in [9.17, 15) is 14.3 Å². The molecular formula is C30H29FN4O4.